The van der Waals surface area contributed by atoms with E-state index in [1.807, 2.05) is 0 Å². The predicted octanol–water partition coefficient (Wildman–Crippen LogP) is 4.39. The summed E-state index contributed by atoms with van der Waals surface area (Å²) >= 11 is 0. The van der Waals surface area contributed by atoms with Crippen LogP contribution in [0.1, 0.15) is 64.7 Å². The third-order valence-electron chi connectivity index (χ3n) is 4.35. The molecule has 0 aromatic heterocycles. The Balaban J connectivity index is 1.84. The zero-order valence-corrected chi connectivity index (χ0v) is 9.10. The second kappa shape index (κ2) is 4.48. The molecule has 76 valence electrons. The Labute approximate surface area is 83.1 Å². The Morgan fingerprint density at radius 1 is 0.923 bits per heavy atom. The van der Waals surface area contributed by atoms with Crippen LogP contribution in [0.5, 0.6) is 0 Å². The average molecular weight is 180 g/mol. The van der Waals surface area contributed by atoms with Crippen molar-refractivity contribution in [2.24, 2.45) is 17.8 Å². The minimum atomic E-state index is 1.10. The molecule has 0 aromatic carbocycles. The molecule has 0 nitrogen and oxygen atoms in total. The van der Waals surface area contributed by atoms with Gasteiger partial charge in [0.2, 0.25) is 0 Å². The Morgan fingerprint density at radius 2 is 1.69 bits per heavy atom. The van der Waals surface area contributed by atoms with E-state index < -0.39 is 0 Å². The molecular weight excluding hydrogens is 156 g/mol. The fourth-order valence-electron chi connectivity index (χ4n) is 3.64. The van der Waals surface area contributed by atoms with Crippen molar-refractivity contribution < 1.29 is 0 Å². The summed E-state index contributed by atoms with van der Waals surface area (Å²) in [4.78, 5) is 0. The molecule has 0 aromatic rings. The van der Waals surface area contributed by atoms with E-state index in [-0.39, 0.29) is 0 Å². The van der Waals surface area contributed by atoms with Crippen LogP contribution in [0.15, 0.2) is 0 Å². The van der Waals surface area contributed by atoms with E-state index in [1.165, 1.54) is 25.7 Å². The average Bonchev–Trinajstić information content (AvgIpc) is 2.18. The molecule has 2 aliphatic rings. The summed E-state index contributed by atoms with van der Waals surface area (Å²) in [6.45, 7) is 2.34. The third kappa shape index (κ3) is 2.27. The van der Waals surface area contributed by atoms with Gasteiger partial charge in [-0.1, -0.05) is 51.9 Å². The summed E-state index contributed by atoms with van der Waals surface area (Å²) in [5.41, 5.74) is 0. The van der Waals surface area contributed by atoms with Crippen LogP contribution >= 0.6 is 0 Å². The van der Waals surface area contributed by atoms with E-state index in [0.29, 0.717) is 0 Å². The lowest BCUT2D eigenvalue weighted by Crippen LogP contribution is -2.27. The molecule has 0 N–H and O–H groups in total. The third-order valence-corrected chi connectivity index (χ3v) is 4.35. The van der Waals surface area contributed by atoms with Crippen LogP contribution in [0.2, 0.25) is 0 Å². The van der Waals surface area contributed by atoms with Gasteiger partial charge in [-0.15, -0.1) is 0 Å². The topological polar surface area (TPSA) is 0 Å². The van der Waals surface area contributed by atoms with Gasteiger partial charge in [0.15, 0.2) is 0 Å². The van der Waals surface area contributed by atoms with Crippen molar-refractivity contribution in [2.45, 2.75) is 64.7 Å². The van der Waals surface area contributed by atoms with Gasteiger partial charge in [-0.2, -0.15) is 0 Å². The lowest BCUT2D eigenvalue weighted by molar-refractivity contribution is 0.125. The van der Waals surface area contributed by atoms with E-state index in [1.54, 1.807) is 32.1 Å². The Morgan fingerprint density at radius 3 is 2.46 bits per heavy atom. The molecule has 0 spiro atoms. The Hall–Kier alpha value is 0. The highest BCUT2D eigenvalue weighted by molar-refractivity contribution is 4.82. The van der Waals surface area contributed by atoms with Crippen LogP contribution < -0.4 is 0 Å². The van der Waals surface area contributed by atoms with Crippen molar-refractivity contribution in [2.75, 3.05) is 0 Å². The van der Waals surface area contributed by atoms with E-state index in [9.17, 15) is 0 Å². The summed E-state index contributed by atoms with van der Waals surface area (Å²) in [6, 6.07) is 0. The summed E-state index contributed by atoms with van der Waals surface area (Å²) in [7, 11) is 0. The van der Waals surface area contributed by atoms with Gasteiger partial charge in [-0.3, -0.25) is 0 Å². The van der Waals surface area contributed by atoms with Crippen LogP contribution in [0.25, 0.3) is 0 Å². The number of hydrogen-bond donors (Lipinski definition) is 0. The minimum Gasteiger partial charge on any atom is -0.0654 e. The second-order valence-corrected chi connectivity index (χ2v) is 5.27. The highest BCUT2D eigenvalue weighted by Gasteiger charge is 2.31. The van der Waals surface area contributed by atoms with Gasteiger partial charge in [-0.05, 0) is 30.6 Å². The zero-order chi connectivity index (χ0) is 9.10. The first-order valence-corrected chi connectivity index (χ1v) is 6.40. The maximum absolute atomic E-state index is 2.34. The molecule has 0 amide bonds. The van der Waals surface area contributed by atoms with Gasteiger partial charge < -0.3 is 0 Å². The van der Waals surface area contributed by atoms with Gasteiger partial charge in [0.05, 0.1) is 0 Å². The summed E-state index contributed by atoms with van der Waals surface area (Å²) < 4.78 is 0. The van der Waals surface area contributed by atoms with Crippen LogP contribution in [-0.4, -0.2) is 0 Å². The van der Waals surface area contributed by atoms with Gasteiger partial charge in [0.1, 0.15) is 0 Å². The van der Waals surface area contributed by atoms with Gasteiger partial charge in [0, 0.05) is 0 Å². The van der Waals surface area contributed by atoms with E-state index >= 15 is 0 Å². The molecule has 2 aliphatic carbocycles. The molecule has 3 unspecified atom stereocenters. The molecule has 0 saturated heterocycles. The fraction of sp³-hybridized carbons (Fsp3) is 1.00. The van der Waals surface area contributed by atoms with E-state index in [4.69, 9.17) is 0 Å². The lowest BCUT2D eigenvalue weighted by atomic mass is 9.67. The summed E-state index contributed by atoms with van der Waals surface area (Å²) in [5, 5.41) is 0. The molecular formula is C13H24. The molecule has 2 saturated carbocycles. The molecule has 13 heavy (non-hydrogen) atoms. The summed E-state index contributed by atoms with van der Waals surface area (Å²) in [5.74, 6) is 3.38. The quantitative estimate of drug-likeness (QED) is 0.591. The fourth-order valence-corrected chi connectivity index (χ4v) is 3.64. The summed E-state index contributed by atoms with van der Waals surface area (Å²) in [6.07, 6.45) is 13.8. The molecule has 3 atom stereocenters. The van der Waals surface area contributed by atoms with Gasteiger partial charge in [-0.25, -0.2) is 0 Å². The maximum Gasteiger partial charge on any atom is -0.0383 e. The molecule has 2 fully saturated rings. The van der Waals surface area contributed by atoms with Crippen LogP contribution in [0.4, 0.5) is 0 Å². The Kier molecular flexibility index (Phi) is 3.29. The van der Waals surface area contributed by atoms with Crippen molar-refractivity contribution in [1.29, 1.82) is 0 Å². The van der Waals surface area contributed by atoms with Crippen LogP contribution in [0, 0.1) is 17.8 Å². The molecule has 0 bridgehead atoms. The molecule has 0 radical (unpaired) electrons. The van der Waals surface area contributed by atoms with Crippen molar-refractivity contribution in [1.82, 2.24) is 0 Å². The normalized spacial score (nSPS) is 39.9. The van der Waals surface area contributed by atoms with Crippen LogP contribution in [0.3, 0.4) is 0 Å². The highest BCUT2D eigenvalue weighted by atomic mass is 14.4. The monoisotopic (exact) mass is 180 g/mol. The first-order chi connectivity index (χ1) is 6.40. The van der Waals surface area contributed by atoms with Crippen molar-refractivity contribution in [3.05, 3.63) is 0 Å². The maximum atomic E-state index is 2.34. The molecule has 0 heteroatoms. The minimum absolute atomic E-state index is 1.10. The molecule has 0 heterocycles. The largest absolute Gasteiger partial charge is 0.0654 e. The van der Waals surface area contributed by atoms with Gasteiger partial charge >= 0.3 is 0 Å². The number of fused-ring (bicyclic) bond motifs is 1. The standard InChI is InChI=1S/C13H24/c1-2-5-11-8-9-12-6-3-4-7-13(12)10-11/h11-13H,2-10H2,1H3. The smallest absolute Gasteiger partial charge is 0.0383 e. The first-order valence-electron chi connectivity index (χ1n) is 6.40. The number of hydrogen-bond acceptors (Lipinski definition) is 0. The van der Waals surface area contributed by atoms with Crippen LogP contribution in [-0.2, 0) is 0 Å². The van der Waals surface area contributed by atoms with Crippen molar-refractivity contribution in [3.63, 3.8) is 0 Å². The predicted molar refractivity (Wildman–Crippen MR) is 57.7 cm³/mol. The molecule has 2 rings (SSSR count). The van der Waals surface area contributed by atoms with Gasteiger partial charge in [0.25, 0.3) is 0 Å². The van der Waals surface area contributed by atoms with E-state index in [2.05, 4.69) is 6.92 Å². The molecule has 0 aliphatic heterocycles. The van der Waals surface area contributed by atoms with E-state index in [0.717, 1.165) is 17.8 Å². The van der Waals surface area contributed by atoms with Crippen molar-refractivity contribution >= 4 is 0 Å². The lowest BCUT2D eigenvalue weighted by Gasteiger charge is -2.39. The Bertz CT molecular complexity index is 150. The highest BCUT2D eigenvalue weighted by Crippen LogP contribution is 2.43. The van der Waals surface area contributed by atoms with Crippen molar-refractivity contribution in [3.8, 4) is 0 Å². The first kappa shape index (κ1) is 9.55. The zero-order valence-electron chi connectivity index (χ0n) is 9.10. The second-order valence-electron chi connectivity index (χ2n) is 5.27. The SMILES string of the molecule is CCCC1CCC2CCCCC2C1. The number of rotatable bonds is 2.